The smallest absolute Gasteiger partial charge is 0.254 e. The van der Waals surface area contributed by atoms with Crippen LogP contribution >= 0.6 is 0 Å². The average Bonchev–Trinajstić information content (AvgIpc) is 2.40. The van der Waals surface area contributed by atoms with Gasteiger partial charge in [0.2, 0.25) is 0 Å². The predicted molar refractivity (Wildman–Crippen MR) is 69.1 cm³/mol. The molecule has 0 aliphatic carbocycles. The van der Waals surface area contributed by atoms with Crippen molar-refractivity contribution in [2.45, 2.75) is 19.8 Å². The third kappa shape index (κ3) is 3.07. The molecule has 0 saturated carbocycles. The van der Waals surface area contributed by atoms with Gasteiger partial charge in [0.15, 0.2) is 0 Å². The second kappa shape index (κ2) is 5.96. The van der Waals surface area contributed by atoms with Crippen LogP contribution in [0.1, 0.15) is 28.8 Å². The summed E-state index contributed by atoms with van der Waals surface area (Å²) >= 11 is 0. The number of amides is 1. The molecule has 1 atom stereocenters. The molecular weight excluding hydrogens is 231 g/mol. The Balaban J connectivity index is 1.93. The van der Waals surface area contributed by atoms with Gasteiger partial charge in [-0.25, -0.2) is 4.39 Å². The number of carbonyl (C=O) groups is 1. The van der Waals surface area contributed by atoms with Crippen LogP contribution in [0.3, 0.4) is 0 Å². The molecule has 2 N–H and O–H groups in total. The number of carbonyl (C=O) groups excluding carboxylic acids is 1. The number of rotatable bonds is 3. The van der Waals surface area contributed by atoms with Gasteiger partial charge in [-0.3, -0.25) is 4.79 Å². The van der Waals surface area contributed by atoms with Crippen molar-refractivity contribution in [2.24, 2.45) is 5.92 Å². The highest BCUT2D eigenvalue weighted by atomic mass is 19.1. The molecule has 1 fully saturated rings. The molecule has 1 aliphatic rings. The zero-order chi connectivity index (χ0) is 13.0. The van der Waals surface area contributed by atoms with Gasteiger partial charge >= 0.3 is 0 Å². The van der Waals surface area contributed by atoms with Gasteiger partial charge in [0.25, 0.3) is 5.91 Å². The maximum absolute atomic E-state index is 13.7. The lowest BCUT2D eigenvalue weighted by molar-refractivity contribution is 0.0940. The lowest BCUT2D eigenvalue weighted by Crippen LogP contribution is -2.38. The Bertz CT molecular complexity index is 428. The summed E-state index contributed by atoms with van der Waals surface area (Å²) in [6, 6.07) is 4.89. The Morgan fingerprint density at radius 1 is 1.56 bits per heavy atom. The lowest BCUT2D eigenvalue weighted by Gasteiger charge is -2.22. The fourth-order valence-corrected chi connectivity index (χ4v) is 2.25. The van der Waals surface area contributed by atoms with Crippen molar-refractivity contribution in [3.8, 4) is 0 Å². The van der Waals surface area contributed by atoms with E-state index in [0.717, 1.165) is 25.9 Å². The quantitative estimate of drug-likeness (QED) is 0.859. The highest BCUT2D eigenvalue weighted by molar-refractivity contribution is 5.94. The molecule has 1 aromatic rings. The number of halogens is 1. The van der Waals surface area contributed by atoms with Crippen LogP contribution in [-0.4, -0.2) is 25.5 Å². The highest BCUT2D eigenvalue weighted by Gasteiger charge is 2.16. The topological polar surface area (TPSA) is 41.1 Å². The van der Waals surface area contributed by atoms with Crippen LogP contribution in [-0.2, 0) is 0 Å². The van der Waals surface area contributed by atoms with Crippen LogP contribution in [0.4, 0.5) is 4.39 Å². The van der Waals surface area contributed by atoms with E-state index < -0.39 is 5.82 Å². The van der Waals surface area contributed by atoms with Gasteiger partial charge in [-0.15, -0.1) is 0 Å². The Labute approximate surface area is 107 Å². The SMILES string of the molecule is Cc1cccc(C(=O)NCC2CCCNC2)c1F. The van der Waals surface area contributed by atoms with Gasteiger partial charge < -0.3 is 10.6 Å². The van der Waals surface area contributed by atoms with Gasteiger partial charge in [0, 0.05) is 6.54 Å². The summed E-state index contributed by atoms with van der Waals surface area (Å²) in [5, 5.41) is 6.11. The van der Waals surface area contributed by atoms with Gasteiger partial charge in [0.05, 0.1) is 5.56 Å². The van der Waals surface area contributed by atoms with Gasteiger partial charge in [-0.2, -0.15) is 0 Å². The average molecular weight is 250 g/mol. The Morgan fingerprint density at radius 2 is 2.39 bits per heavy atom. The molecule has 18 heavy (non-hydrogen) atoms. The van der Waals surface area contributed by atoms with Crippen LogP contribution in [0.5, 0.6) is 0 Å². The molecule has 1 heterocycles. The maximum Gasteiger partial charge on any atom is 0.254 e. The summed E-state index contributed by atoms with van der Waals surface area (Å²) in [5.74, 6) is -0.283. The highest BCUT2D eigenvalue weighted by Crippen LogP contribution is 2.13. The standard InChI is InChI=1S/C14H19FN2O/c1-10-4-2-6-12(13(10)15)14(18)17-9-11-5-3-7-16-8-11/h2,4,6,11,16H,3,5,7-9H2,1H3,(H,17,18). The molecule has 0 bridgehead atoms. The zero-order valence-corrected chi connectivity index (χ0v) is 10.6. The summed E-state index contributed by atoms with van der Waals surface area (Å²) in [7, 11) is 0. The monoisotopic (exact) mass is 250 g/mol. The van der Waals surface area contributed by atoms with Gasteiger partial charge in [-0.1, -0.05) is 12.1 Å². The normalized spacial score (nSPS) is 19.6. The number of nitrogens with one attached hydrogen (secondary N) is 2. The minimum Gasteiger partial charge on any atom is -0.352 e. The molecule has 3 nitrogen and oxygen atoms in total. The van der Waals surface area contributed by atoms with E-state index in [-0.39, 0.29) is 11.5 Å². The second-order valence-electron chi connectivity index (χ2n) is 4.86. The minimum atomic E-state index is -0.420. The molecule has 1 saturated heterocycles. The molecule has 98 valence electrons. The fourth-order valence-electron chi connectivity index (χ4n) is 2.25. The van der Waals surface area contributed by atoms with Crippen molar-refractivity contribution < 1.29 is 9.18 Å². The number of piperidine rings is 1. The Hall–Kier alpha value is -1.42. The van der Waals surface area contributed by atoms with Crippen molar-refractivity contribution in [3.05, 3.63) is 35.1 Å². The van der Waals surface area contributed by atoms with E-state index in [1.54, 1.807) is 19.1 Å². The number of benzene rings is 1. The van der Waals surface area contributed by atoms with E-state index in [1.807, 2.05) is 0 Å². The zero-order valence-electron chi connectivity index (χ0n) is 10.6. The third-order valence-corrected chi connectivity index (χ3v) is 3.39. The summed E-state index contributed by atoms with van der Waals surface area (Å²) in [6.45, 7) is 4.25. The molecule has 1 aliphatic heterocycles. The first-order valence-corrected chi connectivity index (χ1v) is 6.42. The largest absolute Gasteiger partial charge is 0.352 e. The van der Waals surface area contributed by atoms with E-state index in [1.165, 1.54) is 6.07 Å². The van der Waals surface area contributed by atoms with Crippen LogP contribution in [0, 0.1) is 18.7 Å². The third-order valence-electron chi connectivity index (χ3n) is 3.39. The molecule has 1 amide bonds. The van der Waals surface area contributed by atoms with Crippen molar-refractivity contribution >= 4 is 5.91 Å². The lowest BCUT2D eigenvalue weighted by atomic mass is 9.99. The molecule has 1 unspecified atom stereocenters. The summed E-state index contributed by atoms with van der Waals surface area (Å²) in [5.41, 5.74) is 0.640. The minimum absolute atomic E-state index is 0.138. The van der Waals surface area contributed by atoms with E-state index >= 15 is 0 Å². The number of hydrogen-bond acceptors (Lipinski definition) is 2. The first-order chi connectivity index (χ1) is 8.68. The van der Waals surface area contributed by atoms with Crippen LogP contribution < -0.4 is 10.6 Å². The van der Waals surface area contributed by atoms with Crippen LogP contribution in [0.2, 0.25) is 0 Å². The fraction of sp³-hybridized carbons (Fsp3) is 0.500. The van der Waals surface area contributed by atoms with Gasteiger partial charge in [0.1, 0.15) is 5.82 Å². The van der Waals surface area contributed by atoms with Gasteiger partial charge in [-0.05, 0) is 50.4 Å². The van der Waals surface area contributed by atoms with E-state index in [2.05, 4.69) is 10.6 Å². The predicted octanol–water partition coefficient (Wildman–Crippen LogP) is 1.86. The number of aryl methyl sites for hydroxylation is 1. The van der Waals surface area contributed by atoms with Crippen LogP contribution in [0.25, 0.3) is 0 Å². The van der Waals surface area contributed by atoms with Crippen molar-refractivity contribution in [2.75, 3.05) is 19.6 Å². The molecule has 2 rings (SSSR count). The first kappa shape index (κ1) is 13.0. The van der Waals surface area contributed by atoms with Crippen molar-refractivity contribution in [1.82, 2.24) is 10.6 Å². The molecule has 0 spiro atoms. The molecule has 4 heteroatoms. The molecular formula is C14H19FN2O. The van der Waals surface area contributed by atoms with E-state index in [4.69, 9.17) is 0 Å². The van der Waals surface area contributed by atoms with Crippen molar-refractivity contribution in [3.63, 3.8) is 0 Å². The summed E-state index contributed by atoms with van der Waals surface area (Å²) in [6.07, 6.45) is 2.25. The summed E-state index contributed by atoms with van der Waals surface area (Å²) in [4.78, 5) is 11.9. The summed E-state index contributed by atoms with van der Waals surface area (Å²) < 4.78 is 13.7. The Kier molecular flexibility index (Phi) is 4.31. The molecule has 1 aromatic carbocycles. The second-order valence-corrected chi connectivity index (χ2v) is 4.86. The number of hydrogen-bond donors (Lipinski definition) is 2. The maximum atomic E-state index is 13.7. The Morgan fingerprint density at radius 3 is 3.11 bits per heavy atom. The first-order valence-electron chi connectivity index (χ1n) is 6.42. The van der Waals surface area contributed by atoms with Crippen LogP contribution in [0.15, 0.2) is 18.2 Å². The molecule has 0 radical (unpaired) electrons. The van der Waals surface area contributed by atoms with Crippen molar-refractivity contribution in [1.29, 1.82) is 0 Å². The van der Waals surface area contributed by atoms with E-state index in [0.29, 0.717) is 18.0 Å². The molecule has 0 aromatic heterocycles. The van der Waals surface area contributed by atoms with E-state index in [9.17, 15) is 9.18 Å².